The SMILES string of the molecule is CCCC(C)CC(N)c1ncn[nH]1. The summed E-state index contributed by atoms with van der Waals surface area (Å²) in [6, 6.07) is 0.00375. The maximum atomic E-state index is 5.94. The van der Waals surface area contributed by atoms with Crippen LogP contribution in [-0.2, 0) is 0 Å². The fraction of sp³-hybridized carbons (Fsp3) is 0.778. The summed E-state index contributed by atoms with van der Waals surface area (Å²) in [4.78, 5) is 4.04. The van der Waals surface area contributed by atoms with Gasteiger partial charge in [-0.1, -0.05) is 26.7 Å². The Morgan fingerprint density at radius 2 is 2.38 bits per heavy atom. The largest absolute Gasteiger partial charge is 0.321 e. The Hall–Kier alpha value is -0.900. The van der Waals surface area contributed by atoms with Gasteiger partial charge in [0, 0.05) is 0 Å². The molecule has 0 saturated carbocycles. The number of hydrogen-bond acceptors (Lipinski definition) is 3. The van der Waals surface area contributed by atoms with E-state index in [0.29, 0.717) is 5.92 Å². The van der Waals surface area contributed by atoms with Crippen LogP contribution in [0.1, 0.15) is 45.0 Å². The van der Waals surface area contributed by atoms with Gasteiger partial charge in [-0.25, -0.2) is 4.98 Å². The van der Waals surface area contributed by atoms with E-state index in [1.54, 1.807) is 0 Å². The lowest BCUT2D eigenvalue weighted by atomic mass is 9.97. The van der Waals surface area contributed by atoms with E-state index in [9.17, 15) is 0 Å². The first-order valence-electron chi connectivity index (χ1n) is 4.84. The molecule has 0 spiro atoms. The van der Waals surface area contributed by atoms with Crippen LogP contribution in [0.4, 0.5) is 0 Å². The van der Waals surface area contributed by atoms with Gasteiger partial charge in [0.1, 0.15) is 12.2 Å². The third-order valence-electron chi connectivity index (χ3n) is 2.22. The van der Waals surface area contributed by atoms with Gasteiger partial charge in [-0.15, -0.1) is 0 Å². The Kier molecular flexibility index (Phi) is 3.89. The number of rotatable bonds is 5. The van der Waals surface area contributed by atoms with Crippen LogP contribution in [0.25, 0.3) is 0 Å². The molecule has 4 heteroatoms. The van der Waals surface area contributed by atoms with Crippen molar-refractivity contribution >= 4 is 0 Å². The van der Waals surface area contributed by atoms with Crippen molar-refractivity contribution in [1.29, 1.82) is 0 Å². The van der Waals surface area contributed by atoms with Crippen LogP contribution in [-0.4, -0.2) is 15.2 Å². The molecule has 2 atom stereocenters. The van der Waals surface area contributed by atoms with Crippen molar-refractivity contribution in [2.75, 3.05) is 0 Å². The molecule has 0 aromatic carbocycles. The van der Waals surface area contributed by atoms with Crippen LogP contribution in [0.15, 0.2) is 6.33 Å². The lowest BCUT2D eigenvalue weighted by molar-refractivity contribution is 0.431. The van der Waals surface area contributed by atoms with Gasteiger partial charge in [0.2, 0.25) is 0 Å². The normalized spacial score (nSPS) is 15.6. The highest BCUT2D eigenvalue weighted by Crippen LogP contribution is 2.18. The number of hydrogen-bond donors (Lipinski definition) is 2. The number of nitrogens with zero attached hydrogens (tertiary/aromatic N) is 2. The second-order valence-electron chi connectivity index (χ2n) is 3.61. The van der Waals surface area contributed by atoms with Crippen molar-refractivity contribution in [3.8, 4) is 0 Å². The van der Waals surface area contributed by atoms with Crippen molar-refractivity contribution in [2.24, 2.45) is 11.7 Å². The van der Waals surface area contributed by atoms with E-state index < -0.39 is 0 Å². The summed E-state index contributed by atoms with van der Waals surface area (Å²) in [5.74, 6) is 1.45. The second kappa shape index (κ2) is 4.97. The Bertz CT molecular complexity index is 220. The molecular weight excluding hydrogens is 164 g/mol. The molecule has 0 aliphatic carbocycles. The van der Waals surface area contributed by atoms with Gasteiger partial charge >= 0.3 is 0 Å². The highest BCUT2D eigenvalue weighted by atomic mass is 15.2. The van der Waals surface area contributed by atoms with E-state index in [0.717, 1.165) is 12.2 Å². The molecule has 1 aromatic heterocycles. The average Bonchev–Trinajstić information content (AvgIpc) is 2.55. The Balaban J connectivity index is 2.37. The van der Waals surface area contributed by atoms with Crippen LogP contribution < -0.4 is 5.73 Å². The molecule has 1 rings (SSSR count). The summed E-state index contributed by atoms with van der Waals surface area (Å²) in [7, 11) is 0. The highest BCUT2D eigenvalue weighted by molar-refractivity contribution is 4.89. The van der Waals surface area contributed by atoms with Gasteiger partial charge in [0.05, 0.1) is 6.04 Å². The summed E-state index contributed by atoms with van der Waals surface area (Å²) in [6.45, 7) is 4.41. The van der Waals surface area contributed by atoms with E-state index in [1.165, 1.54) is 19.2 Å². The van der Waals surface area contributed by atoms with Crippen LogP contribution in [0, 0.1) is 5.92 Å². The third kappa shape index (κ3) is 3.14. The maximum Gasteiger partial charge on any atom is 0.141 e. The predicted octanol–water partition coefficient (Wildman–Crippen LogP) is 1.63. The van der Waals surface area contributed by atoms with E-state index >= 15 is 0 Å². The monoisotopic (exact) mass is 182 g/mol. The van der Waals surface area contributed by atoms with Crippen LogP contribution in [0.3, 0.4) is 0 Å². The van der Waals surface area contributed by atoms with E-state index in [-0.39, 0.29) is 6.04 Å². The van der Waals surface area contributed by atoms with Crippen molar-refractivity contribution in [3.63, 3.8) is 0 Å². The minimum absolute atomic E-state index is 0.00375. The summed E-state index contributed by atoms with van der Waals surface area (Å²) in [5, 5.41) is 6.58. The molecule has 13 heavy (non-hydrogen) atoms. The smallest absolute Gasteiger partial charge is 0.141 e. The number of aromatic amines is 1. The van der Waals surface area contributed by atoms with Gasteiger partial charge < -0.3 is 5.73 Å². The Labute approximate surface area is 78.9 Å². The zero-order valence-electron chi connectivity index (χ0n) is 8.33. The molecule has 0 aliphatic rings. The fourth-order valence-electron chi connectivity index (χ4n) is 1.55. The number of H-pyrrole nitrogens is 1. The zero-order valence-corrected chi connectivity index (χ0v) is 8.33. The Morgan fingerprint density at radius 1 is 1.62 bits per heavy atom. The lowest BCUT2D eigenvalue weighted by Gasteiger charge is -2.13. The topological polar surface area (TPSA) is 67.6 Å². The van der Waals surface area contributed by atoms with E-state index in [1.807, 2.05) is 0 Å². The molecule has 2 unspecified atom stereocenters. The average molecular weight is 182 g/mol. The first-order valence-corrected chi connectivity index (χ1v) is 4.84. The summed E-state index contributed by atoms with van der Waals surface area (Å²) in [6.07, 6.45) is 4.91. The molecule has 1 aromatic rings. The minimum Gasteiger partial charge on any atom is -0.321 e. The molecule has 4 nitrogen and oxygen atoms in total. The van der Waals surface area contributed by atoms with Crippen molar-refractivity contribution in [3.05, 3.63) is 12.2 Å². The van der Waals surface area contributed by atoms with Crippen molar-refractivity contribution < 1.29 is 0 Å². The van der Waals surface area contributed by atoms with E-state index in [2.05, 4.69) is 29.0 Å². The molecule has 0 amide bonds. The summed E-state index contributed by atoms with van der Waals surface area (Å²) >= 11 is 0. The van der Waals surface area contributed by atoms with Gasteiger partial charge in [-0.3, -0.25) is 5.10 Å². The van der Waals surface area contributed by atoms with Gasteiger partial charge in [0.15, 0.2) is 0 Å². The van der Waals surface area contributed by atoms with Crippen LogP contribution >= 0.6 is 0 Å². The number of aromatic nitrogens is 3. The minimum atomic E-state index is 0.00375. The number of nitrogens with one attached hydrogen (secondary N) is 1. The predicted molar refractivity (Wildman–Crippen MR) is 52.0 cm³/mol. The molecule has 74 valence electrons. The Morgan fingerprint density at radius 3 is 2.92 bits per heavy atom. The quantitative estimate of drug-likeness (QED) is 0.727. The molecular formula is C9H18N4. The van der Waals surface area contributed by atoms with Gasteiger partial charge in [-0.2, -0.15) is 5.10 Å². The van der Waals surface area contributed by atoms with Gasteiger partial charge in [0.25, 0.3) is 0 Å². The van der Waals surface area contributed by atoms with Crippen molar-refractivity contribution in [2.45, 2.75) is 39.2 Å². The molecule has 0 bridgehead atoms. The third-order valence-corrected chi connectivity index (χ3v) is 2.22. The molecule has 0 radical (unpaired) electrons. The summed E-state index contributed by atoms with van der Waals surface area (Å²) < 4.78 is 0. The number of nitrogens with two attached hydrogens (primary N) is 1. The van der Waals surface area contributed by atoms with Crippen LogP contribution in [0.2, 0.25) is 0 Å². The lowest BCUT2D eigenvalue weighted by Crippen LogP contribution is -2.15. The second-order valence-corrected chi connectivity index (χ2v) is 3.61. The molecule has 3 N–H and O–H groups in total. The standard InChI is InChI=1S/C9H18N4/c1-3-4-7(2)5-8(10)9-11-6-12-13-9/h6-8H,3-5,10H2,1-2H3,(H,11,12,13). The molecule has 0 aliphatic heterocycles. The molecule has 1 heterocycles. The highest BCUT2D eigenvalue weighted by Gasteiger charge is 2.12. The first-order chi connectivity index (χ1) is 6.24. The first kappa shape index (κ1) is 10.2. The molecule has 0 saturated heterocycles. The van der Waals surface area contributed by atoms with Gasteiger partial charge in [-0.05, 0) is 12.3 Å². The fourth-order valence-corrected chi connectivity index (χ4v) is 1.55. The maximum absolute atomic E-state index is 5.94. The van der Waals surface area contributed by atoms with Crippen molar-refractivity contribution in [1.82, 2.24) is 15.2 Å². The van der Waals surface area contributed by atoms with Crippen LogP contribution in [0.5, 0.6) is 0 Å². The van der Waals surface area contributed by atoms with E-state index in [4.69, 9.17) is 5.73 Å². The zero-order chi connectivity index (χ0) is 9.68. The summed E-state index contributed by atoms with van der Waals surface area (Å²) in [5.41, 5.74) is 5.94. The molecule has 0 fully saturated rings.